The molecule has 69 heavy (non-hydrogen) atoms. The fraction of sp³-hybridized carbons (Fsp3) is 0.786. The second-order valence-electron chi connectivity index (χ2n) is 24.4. The van der Waals surface area contributed by atoms with Crippen molar-refractivity contribution in [1.82, 2.24) is 44.0 Å². The number of rotatable bonds is 11. The maximum Gasteiger partial charge on any atom is 0.410 e. The van der Waals surface area contributed by atoms with E-state index in [0.717, 1.165) is 103 Å². The fourth-order valence-corrected chi connectivity index (χ4v) is 10.4. The van der Waals surface area contributed by atoms with E-state index in [4.69, 9.17) is 4.74 Å². The third kappa shape index (κ3) is 13.6. The lowest BCUT2D eigenvalue weighted by molar-refractivity contribution is -0.148. The summed E-state index contributed by atoms with van der Waals surface area (Å²) in [4.78, 5) is 43.3. The highest BCUT2D eigenvalue weighted by atomic mass is 16.6. The van der Waals surface area contributed by atoms with Gasteiger partial charge in [0.1, 0.15) is 5.60 Å². The van der Waals surface area contributed by atoms with E-state index in [1.165, 1.54) is 29.5 Å². The van der Waals surface area contributed by atoms with Crippen LogP contribution < -0.4 is 0 Å². The summed E-state index contributed by atoms with van der Waals surface area (Å²) in [5, 5.41) is 13.8. The van der Waals surface area contributed by atoms with E-state index in [9.17, 15) is 14.4 Å². The first-order valence-corrected chi connectivity index (χ1v) is 27.2. The van der Waals surface area contributed by atoms with Crippen molar-refractivity contribution in [3.8, 4) is 0 Å². The Hall–Kier alpha value is -4.16. The zero-order chi connectivity index (χ0) is 50.4. The van der Waals surface area contributed by atoms with Crippen molar-refractivity contribution < 1.29 is 19.1 Å². The molecule has 0 aromatic carbocycles. The molecule has 0 N–H and O–H groups in total. The average molecular weight is 956 g/mol. The van der Waals surface area contributed by atoms with Crippen LogP contribution in [0.3, 0.4) is 0 Å². The molecule has 3 aromatic heterocycles. The predicted molar refractivity (Wildman–Crippen MR) is 276 cm³/mol. The summed E-state index contributed by atoms with van der Waals surface area (Å²) in [6.45, 7) is 35.3. The average Bonchev–Trinajstić information content (AvgIpc) is 4.12. The molecule has 3 saturated heterocycles. The van der Waals surface area contributed by atoms with Crippen molar-refractivity contribution in [2.45, 2.75) is 215 Å². The quantitative estimate of drug-likeness (QED) is 0.187. The van der Waals surface area contributed by atoms with Gasteiger partial charge >= 0.3 is 6.09 Å². The molecular weight excluding hydrogens is 863 g/mol. The minimum atomic E-state index is -0.433. The van der Waals surface area contributed by atoms with Crippen molar-refractivity contribution in [3.05, 3.63) is 53.9 Å². The first-order chi connectivity index (χ1) is 32.5. The van der Waals surface area contributed by atoms with Gasteiger partial charge in [-0.3, -0.25) is 23.6 Å². The molecular formula is C56H93N9O4. The van der Waals surface area contributed by atoms with Gasteiger partial charge in [0.15, 0.2) is 0 Å². The topological polar surface area (TPSA) is 124 Å². The number of likely N-dealkylation sites (tertiary alicyclic amines) is 3. The zero-order valence-corrected chi connectivity index (χ0v) is 45.5. The summed E-state index contributed by atoms with van der Waals surface area (Å²) in [5.74, 6) is 4.26. The number of amides is 3. The van der Waals surface area contributed by atoms with E-state index in [-0.39, 0.29) is 16.9 Å². The van der Waals surface area contributed by atoms with E-state index in [1.54, 1.807) is 0 Å². The molecule has 386 valence electrons. The van der Waals surface area contributed by atoms with Gasteiger partial charge < -0.3 is 19.4 Å². The SMILES string of the molecule is CC(C)C(C)c1cnn(C2CCN(C(=O)OC(C)(C)C)CC2)c1.CC(C)[C@@H](C)c1cnn(C2CCN(C(=O)C3(C)CCC3)CC2)c1.CC(C)[C@H](C)c1cnn(C2CCN(C(=O)C3(C)CCC3)CC2)c1. The van der Waals surface area contributed by atoms with Crippen molar-refractivity contribution in [2.75, 3.05) is 39.3 Å². The van der Waals surface area contributed by atoms with E-state index in [2.05, 4.69) is 134 Å². The molecule has 2 saturated carbocycles. The lowest BCUT2D eigenvalue weighted by atomic mass is 9.69. The second-order valence-corrected chi connectivity index (χ2v) is 24.4. The summed E-state index contributed by atoms with van der Waals surface area (Å²) in [6, 6.07) is 1.27. The number of hydrogen-bond acceptors (Lipinski definition) is 7. The minimum absolute atomic E-state index is 0.0571. The number of carbonyl (C=O) groups excluding carboxylic acids is 3. The van der Waals surface area contributed by atoms with Gasteiger partial charge in [-0.1, -0.05) is 89.0 Å². The number of aromatic nitrogens is 6. The number of carbonyl (C=O) groups is 3. The van der Waals surface area contributed by atoms with Gasteiger partial charge in [0.2, 0.25) is 11.8 Å². The summed E-state index contributed by atoms with van der Waals surface area (Å²) in [6.07, 6.45) is 25.1. The van der Waals surface area contributed by atoms with Crippen molar-refractivity contribution in [2.24, 2.45) is 28.6 Å². The Balaban J connectivity index is 0.000000170. The number of piperidine rings is 3. The van der Waals surface area contributed by atoms with Crippen LogP contribution in [0.4, 0.5) is 4.79 Å². The monoisotopic (exact) mass is 956 g/mol. The molecule has 5 fully saturated rings. The van der Waals surface area contributed by atoms with Crippen LogP contribution in [-0.4, -0.2) is 107 Å². The van der Waals surface area contributed by atoms with Gasteiger partial charge in [-0.05, 0) is 137 Å². The molecule has 3 amide bonds. The van der Waals surface area contributed by atoms with Crippen molar-refractivity contribution in [1.29, 1.82) is 0 Å². The third-order valence-corrected chi connectivity index (χ3v) is 17.1. The predicted octanol–water partition coefficient (Wildman–Crippen LogP) is 12.2. The van der Waals surface area contributed by atoms with Crippen LogP contribution in [0.15, 0.2) is 37.2 Å². The molecule has 0 bridgehead atoms. The largest absolute Gasteiger partial charge is 0.444 e. The van der Waals surface area contributed by atoms with Crippen LogP contribution in [-0.2, 0) is 14.3 Å². The Morgan fingerprint density at radius 3 is 1.01 bits per heavy atom. The molecule has 13 nitrogen and oxygen atoms in total. The molecule has 3 aliphatic heterocycles. The summed E-state index contributed by atoms with van der Waals surface area (Å²) in [5.41, 5.74) is 3.42. The Labute approximate surface area is 416 Å². The molecule has 3 atom stereocenters. The molecule has 2 aliphatic carbocycles. The van der Waals surface area contributed by atoms with Gasteiger partial charge in [0.05, 0.1) is 36.7 Å². The van der Waals surface area contributed by atoms with E-state index < -0.39 is 5.60 Å². The zero-order valence-electron chi connectivity index (χ0n) is 45.5. The molecule has 1 unspecified atom stereocenters. The van der Waals surface area contributed by atoms with Crippen molar-refractivity contribution in [3.63, 3.8) is 0 Å². The van der Waals surface area contributed by atoms with Crippen LogP contribution in [0.1, 0.15) is 227 Å². The normalized spacial score (nSPS) is 21.4. The van der Waals surface area contributed by atoms with Crippen LogP contribution in [0, 0.1) is 28.6 Å². The smallest absolute Gasteiger partial charge is 0.410 e. The maximum absolute atomic E-state index is 12.6. The molecule has 5 aliphatic rings. The molecule has 8 rings (SSSR count). The highest BCUT2D eigenvalue weighted by Crippen LogP contribution is 2.44. The molecule has 0 radical (unpaired) electrons. The lowest BCUT2D eigenvalue weighted by Gasteiger charge is -2.43. The number of nitrogens with zero attached hydrogens (tertiary/aromatic N) is 9. The Bertz CT molecular complexity index is 1990. The van der Waals surface area contributed by atoms with Gasteiger partial charge in [-0.2, -0.15) is 15.3 Å². The molecule has 6 heterocycles. The molecule has 0 spiro atoms. The Morgan fingerprint density at radius 1 is 0.507 bits per heavy atom. The summed E-state index contributed by atoms with van der Waals surface area (Å²) < 4.78 is 11.8. The van der Waals surface area contributed by atoms with E-state index in [1.807, 2.05) is 44.3 Å². The highest BCUT2D eigenvalue weighted by Gasteiger charge is 2.44. The van der Waals surface area contributed by atoms with Gasteiger partial charge in [-0.15, -0.1) is 0 Å². The van der Waals surface area contributed by atoms with Crippen LogP contribution in [0.25, 0.3) is 0 Å². The van der Waals surface area contributed by atoms with Gasteiger partial charge in [0, 0.05) is 68.7 Å². The Morgan fingerprint density at radius 2 is 0.783 bits per heavy atom. The lowest BCUT2D eigenvalue weighted by Crippen LogP contribution is -2.49. The highest BCUT2D eigenvalue weighted by molar-refractivity contribution is 5.83. The molecule has 13 heteroatoms. The van der Waals surface area contributed by atoms with E-state index >= 15 is 0 Å². The minimum Gasteiger partial charge on any atom is -0.444 e. The number of ether oxygens (including phenoxy) is 1. The van der Waals surface area contributed by atoms with Crippen LogP contribution in [0.5, 0.6) is 0 Å². The second kappa shape index (κ2) is 22.9. The van der Waals surface area contributed by atoms with Gasteiger partial charge in [-0.25, -0.2) is 4.79 Å². The Kier molecular flexibility index (Phi) is 18.0. The number of hydrogen-bond donors (Lipinski definition) is 0. The maximum atomic E-state index is 12.6. The van der Waals surface area contributed by atoms with E-state index in [0.29, 0.717) is 65.4 Å². The molecule has 3 aromatic rings. The first kappa shape index (κ1) is 54.2. The van der Waals surface area contributed by atoms with Gasteiger partial charge in [0.25, 0.3) is 0 Å². The fourth-order valence-electron chi connectivity index (χ4n) is 10.4. The van der Waals surface area contributed by atoms with Crippen LogP contribution >= 0.6 is 0 Å². The summed E-state index contributed by atoms with van der Waals surface area (Å²) in [7, 11) is 0. The first-order valence-electron chi connectivity index (χ1n) is 27.2. The van der Waals surface area contributed by atoms with Crippen molar-refractivity contribution >= 4 is 17.9 Å². The summed E-state index contributed by atoms with van der Waals surface area (Å²) >= 11 is 0. The van der Waals surface area contributed by atoms with Crippen LogP contribution in [0.2, 0.25) is 0 Å². The third-order valence-electron chi connectivity index (χ3n) is 17.1. The standard InChI is InChI=1S/2C19H31N3O.C18H31N3O2/c2*1-14(2)15(3)16-12-20-22(13-16)17-6-10-21(11-7-17)18(23)19(4)8-5-9-19;1-13(2)14(3)15-11-19-21(12-15)16-7-9-20(10-8-16)17(22)23-18(4,5)6/h2*12-15,17H,5-11H2,1-4H3;11-14,16H,7-10H2,1-6H3/t2*15-;/m10./s1.